The van der Waals surface area contributed by atoms with E-state index in [1.54, 1.807) is 17.1 Å². The van der Waals surface area contributed by atoms with Gasteiger partial charge in [-0.3, -0.25) is 9.59 Å². The molecule has 0 radical (unpaired) electrons. The van der Waals surface area contributed by atoms with E-state index in [2.05, 4.69) is 10.3 Å². The van der Waals surface area contributed by atoms with Crippen molar-refractivity contribution in [3.63, 3.8) is 0 Å². The van der Waals surface area contributed by atoms with Gasteiger partial charge in [-0.2, -0.15) is 0 Å². The van der Waals surface area contributed by atoms with Gasteiger partial charge in [0.05, 0.1) is 6.20 Å². The first kappa shape index (κ1) is 15.0. The van der Waals surface area contributed by atoms with Crippen molar-refractivity contribution in [3.05, 3.63) is 12.4 Å². The first-order valence-corrected chi connectivity index (χ1v) is 8.01. The summed E-state index contributed by atoms with van der Waals surface area (Å²) in [5.41, 5.74) is 0.0835. The van der Waals surface area contributed by atoms with Crippen molar-refractivity contribution in [2.24, 2.45) is 5.41 Å². The minimum atomic E-state index is 0.0835. The van der Waals surface area contributed by atoms with Gasteiger partial charge in [0.1, 0.15) is 6.54 Å². The Labute approximate surface area is 130 Å². The van der Waals surface area contributed by atoms with E-state index >= 15 is 0 Å². The minimum Gasteiger partial charge on any atom is -0.342 e. The summed E-state index contributed by atoms with van der Waals surface area (Å²) in [6.45, 7) is 5.36. The van der Waals surface area contributed by atoms with E-state index in [4.69, 9.17) is 0 Å². The predicted molar refractivity (Wildman–Crippen MR) is 79.8 cm³/mol. The molecule has 1 aromatic heterocycles. The number of amides is 2. The Hall–Kier alpha value is -1.92. The Kier molecular flexibility index (Phi) is 4.13. The quantitative estimate of drug-likeness (QED) is 0.816. The van der Waals surface area contributed by atoms with Gasteiger partial charge in [-0.15, -0.1) is 5.10 Å². The summed E-state index contributed by atoms with van der Waals surface area (Å²) in [4.78, 5) is 28.2. The van der Waals surface area contributed by atoms with E-state index in [0.29, 0.717) is 6.42 Å². The van der Waals surface area contributed by atoms with Crippen molar-refractivity contribution < 1.29 is 9.59 Å². The number of carbonyl (C=O) groups excluding carboxylic acids is 2. The second kappa shape index (κ2) is 6.06. The molecule has 2 fully saturated rings. The SMILES string of the molecule is CCN1CC2(CCCN(C(=O)Cn3ccnn3)C2)CCC1=O. The molecule has 3 rings (SSSR count). The summed E-state index contributed by atoms with van der Waals surface area (Å²) in [6, 6.07) is 0. The van der Waals surface area contributed by atoms with Crippen molar-refractivity contribution in [1.82, 2.24) is 24.8 Å². The van der Waals surface area contributed by atoms with E-state index in [0.717, 1.165) is 45.4 Å². The summed E-state index contributed by atoms with van der Waals surface area (Å²) in [5, 5.41) is 7.59. The molecule has 1 unspecified atom stereocenters. The normalized spacial score (nSPS) is 25.8. The van der Waals surface area contributed by atoms with E-state index < -0.39 is 0 Å². The van der Waals surface area contributed by atoms with Crippen LogP contribution in [0.4, 0.5) is 0 Å². The van der Waals surface area contributed by atoms with Gasteiger partial charge >= 0.3 is 0 Å². The second-order valence-electron chi connectivity index (χ2n) is 6.43. The van der Waals surface area contributed by atoms with Gasteiger partial charge < -0.3 is 9.80 Å². The minimum absolute atomic E-state index is 0.0835. The molecule has 3 heterocycles. The monoisotopic (exact) mass is 305 g/mol. The van der Waals surface area contributed by atoms with E-state index in [1.807, 2.05) is 16.7 Å². The summed E-state index contributed by atoms with van der Waals surface area (Å²) in [5.74, 6) is 0.337. The van der Waals surface area contributed by atoms with Crippen LogP contribution in [0.5, 0.6) is 0 Å². The number of piperidine rings is 2. The lowest BCUT2D eigenvalue weighted by molar-refractivity contribution is -0.143. The lowest BCUT2D eigenvalue weighted by atomic mass is 9.73. The molecular formula is C15H23N5O2. The summed E-state index contributed by atoms with van der Waals surface area (Å²) in [6.07, 6.45) is 6.90. The molecular weight excluding hydrogens is 282 g/mol. The Morgan fingerprint density at radius 2 is 2.23 bits per heavy atom. The van der Waals surface area contributed by atoms with Crippen LogP contribution >= 0.6 is 0 Å². The molecule has 7 nitrogen and oxygen atoms in total. The lowest BCUT2D eigenvalue weighted by Gasteiger charge is -2.48. The number of nitrogens with zero attached hydrogens (tertiary/aromatic N) is 5. The van der Waals surface area contributed by atoms with Gasteiger partial charge in [0, 0.05) is 44.2 Å². The van der Waals surface area contributed by atoms with Crippen LogP contribution in [-0.4, -0.2) is 62.8 Å². The van der Waals surface area contributed by atoms with Crippen LogP contribution in [0.1, 0.15) is 32.6 Å². The van der Waals surface area contributed by atoms with Crippen LogP contribution in [0.2, 0.25) is 0 Å². The van der Waals surface area contributed by atoms with Crippen molar-refractivity contribution >= 4 is 11.8 Å². The van der Waals surface area contributed by atoms with Gasteiger partial charge in [0.15, 0.2) is 0 Å². The molecule has 2 aliphatic rings. The summed E-state index contributed by atoms with van der Waals surface area (Å²) >= 11 is 0. The highest BCUT2D eigenvalue weighted by atomic mass is 16.2. The van der Waals surface area contributed by atoms with E-state index in [-0.39, 0.29) is 23.8 Å². The molecule has 1 atom stereocenters. The maximum atomic E-state index is 12.5. The van der Waals surface area contributed by atoms with Gasteiger partial charge in [-0.25, -0.2) is 4.68 Å². The van der Waals surface area contributed by atoms with Crippen LogP contribution in [0.3, 0.4) is 0 Å². The Balaban J connectivity index is 1.66. The Morgan fingerprint density at radius 3 is 2.95 bits per heavy atom. The van der Waals surface area contributed by atoms with E-state index in [9.17, 15) is 9.59 Å². The Morgan fingerprint density at radius 1 is 1.36 bits per heavy atom. The smallest absolute Gasteiger partial charge is 0.244 e. The molecule has 1 spiro atoms. The zero-order valence-electron chi connectivity index (χ0n) is 13.1. The fraction of sp³-hybridized carbons (Fsp3) is 0.733. The zero-order chi connectivity index (χ0) is 15.6. The van der Waals surface area contributed by atoms with Crippen LogP contribution < -0.4 is 0 Å². The van der Waals surface area contributed by atoms with Crippen molar-refractivity contribution in [2.45, 2.75) is 39.2 Å². The highest BCUT2D eigenvalue weighted by Crippen LogP contribution is 2.38. The van der Waals surface area contributed by atoms with Crippen LogP contribution in [0.25, 0.3) is 0 Å². The largest absolute Gasteiger partial charge is 0.342 e. The molecule has 0 saturated carbocycles. The molecule has 2 aliphatic heterocycles. The molecule has 2 saturated heterocycles. The van der Waals surface area contributed by atoms with Crippen molar-refractivity contribution in [3.8, 4) is 0 Å². The Bertz CT molecular complexity index is 544. The van der Waals surface area contributed by atoms with E-state index in [1.165, 1.54) is 0 Å². The van der Waals surface area contributed by atoms with Gasteiger partial charge in [0.2, 0.25) is 11.8 Å². The second-order valence-corrected chi connectivity index (χ2v) is 6.43. The fourth-order valence-corrected chi connectivity index (χ4v) is 3.70. The highest BCUT2D eigenvalue weighted by molar-refractivity contribution is 5.78. The topological polar surface area (TPSA) is 71.3 Å². The molecule has 120 valence electrons. The summed E-state index contributed by atoms with van der Waals surface area (Å²) < 4.78 is 1.56. The molecule has 22 heavy (non-hydrogen) atoms. The molecule has 0 aromatic carbocycles. The number of carbonyl (C=O) groups is 2. The first-order chi connectivity index (χ1) is 10.6. The van der Waals surface area contributed by atoms with Crippen molar-refractivity contribution in [2.75, 3.05) is 26.2 Å². The average molecular weight is 305 g/mol. The third-order valence-electron chi connectivity index (χ3n) is 4.91. The predicted octanol–water partition coefficient (Wildman–Crippen LogP) is 0.529. The number of aromatic nitrogens is 3. The molecule has 0 N–H and O–H groups in total. The van der Waals surface area contributed by atoms with Crippen LogP contribution in [0, 0.1) is 5.41 Å². The lowest BCUT2D eigenvalue weighted by Crippen LogP contribution is -2.55. The molecule has 7 heteroatoms. The first-order valence-electron chi connectivity index (χ1n) is 8.01. The average Bonchev–Trinajstić information content (AvgIpc) is 3.03. The highest BCUT2D eigenvalue weighted by Gasteiger charge is 2.42. The number of hydrogen-bond donors (Lipinski definition) is 0. The maximum absolute atomic E-state index is 12.5. The standard InChI is InChI=1S/C15H23N5O2/c1-2-18-11-15(6-4-13(18)21)5-3-8-19(12-15)14(22)10-20-9-7-16-17-20/h7,9H,2-6,8,10-12H2,1H3. The third kappa shape index (κ3) is 2.98. The van der Waals surface area contributed by atoms with Crippen LogP contribution in [-0.2, 0) is 16.1 Å². The summed E-state index contributed by atoms with van der Waals surface area (Å²) in [7, 11) is 0. The molecule has 0 aliphatic carbocycles. The molecule has 2 amide bonds. The molecule has 1 aromatic rings. The number of hydrogen-bond acceptors (Lipinski definition) is 4. The van der Waals surface area contributed by atoms with Gasteiger partial charge in [-0.1, -0.05) is 5.21 Å². The third-order valence-corrected chi connectivity index (χ3v) is 4.91. The van der Waals surface area contributed by atoms with Crippen LogP contribution in [0.15, 0.2) is 12.4 Å². The maximum Gasteiger partial charge on any atom is 0.244 e. The number of rotatable bonds is 3. The van der Waals surface area contributed by atoms with Gasteiger partial charge in [0.25, 0.3) is 0 Å². The molecule has 0 bridgehead atoms. The van der Waals surface area contributed by atoms with Gasteiger partial charge in [-0.05, 0) is 26.2 Å². The zero-order valence-corrected chi connectivity index (χ0v) is 13.1. The number of likely N-dealkylation sites (tertiary alicyclic amines) is 2. The fourth-order valence-electron chi connectivity index (χ4n) is 3.70. The van der Waals surface area contributed by atoms with Crippen molar-refractivity contribution in [1.29, 1.82) is 0 Å².